The Morgan fingerprint density at radius 1 is 1.21 bits per heavy atom. The topological polar surface area (TPSA) is 148 Å². The van der Waals surface area contributed by atoms with Gasteiger partial charge >= 0.3 is 6.01 Å². The van der Waals surface area contributed by atoms with Gasteiger partial charge in [0.1, 0.15) is 23.4 Å². The average Bonchev–Trinajstić information content (AvgIpc) is 3.33. The van der Waals surface area contributed by atoms with Crippen molar-refractivity contribution in [3.05, 3.63) is 29.7 Å². The van der Waals surface area contributed by atoms with E-state index in [1.165, 1.54) is 0 Å². The first-order valence-electron chi connectivity index (χ1n) is 13.0. The van der Waals surface area contributed by atoms with Crippen LogP contribution in [0.2, 0.25) is 0 Å². The van der Waals surface area contributed by atoms with Crippen molar-refractivity contribution in [1.82, 2.24) is 30.5 Å². The van der Waals surface area contributed by atoms with Crippen LogP contribution in [0.25, 0.3) is 11.0 Å². The normalized spacial score (nSPS) is 16.0. The smallest absolute Gasteiger partial charge is 0.319 e. The first-order valence-corrected chi connectivity index (χ1v) is 13.0. The molecular formula is C26H37N7O5. The van der Waals surface area contributed by atoms with E-state index in [4.69, 9.17) is 14.2 Å². The number of amides is 1. The number of aliphatic hydroxyl groups excluding tert-OH is 1. The predicted molar refractivity (Wildman–Crippen MR) is 142 cm³/mol. The van der Waals surface area contributed by atoms with Crippen LogP contribution in [-0.4, -0.2) is 87.8 Å². The summed E-state index contributed by atoms with van der Waals surface area (Å²) in [5, 5.41) is 20.7. The van der Waals surface area contributed by atoms with Crippen molar-refractivity contribution < 1.29 is 24.1 Å². The average molecular weight is 528 g/mol. The van der Waals surface area contributed by atoms with Crippen LogP contribution < -0.4 is 19.7 Å². The minimum Gasteiger partial charge on any atom is -0.490 e. The van der Waals surface area contributed by atoms with Gasteiger partial charge in [-0.2, -0.15) is 15.1 Å². The molecular weight excluding hydrogens is 490 g/mol. The molecule has 1 aliphatic rings. The lowest BCUT2D eigenvalue weighted by molar-refractivity contribution is 0.0839. The Bertz CT molecular complexity index is 1230. The van der Waals surface area contributed by atoms with E-state index < -0.39 is 11.9 Å². The first-order chi connectivity index (χ1) is 18.3. The summed E-state index contributed by atoms with van der Waals surface area (Å²) in [4.78, 5) is 28.3. The third-order valence-electron chi connectivity index (χ3n) is 6.30. The number of H-pyrrole nitrogens is 1. The van der Waals surface area contributed by atoms with Gasteiger partial charge < -0.3 is 29.5 Å². The fourth-order valence-corrected chi connectivity index (χ4v) is 4.51. The third kappa shape index (κ3) is 6.48. The van der Waals surface area contributed by atoms with Crippen LogP contribution in [0.4, 0.5) is 5.82 Å². The number of hydrogen-bond acceptors (Lipinski definition) is 10. The molecule has 1 saturated heterocycles. The highest BCUT2D eigenvalue weighted by molar-refractivity contribution is 5.93. The van der Waals surface area contributed by atoms with E-state index in [0.29, 0.717) is 25.5 Å². The zero-order valence-electron chi connectivity index (χ0n) is 22.6. The number of nitrogens with zero attached hydrogens (tertiary/aromatic N) is 5. The van der Waals surface area contributed by atoms with Crippen LogP contribution in [-0.2, 0) is 4.74 Å². The maximum Gasteiger partial charge on any atom is 0.319 e. The highest BCUT2D eigenvalue weighted by atomic mass is 16.5. The number of hydrogen-bond donors (Lipinski definition) is 3. The summed E-state index contributed by atoms with van der Waals surface area (Å²) in [5.74, 6) is 1.21. The molecule has 0 aliphatic carbocycles. The molecule has 0 spiro atoms. The highest BCUT2D eigenvalue weighted by Gasteiger charge is 2.28. The fourth-order valence-electron chi connectivity index (χ4n) is 4.51. The second-order valence-corrected chi connectivity index (χ2v) is 9.90. The first kappa shape index (κ1) is 27.5. The summed E-state index contributed by atoms with van der Waals surface area (Å²) in [6.45, 7) is 9.16. The molecule has 1 amide bonds. The number of aromatic nitrogens is 5. The molecule has 0 radical (unpaired) electrons. The summed E-state index contributed by atoms with van der Waals surface area (Å²) >= 11 is 0. The minimum atomic E-state index is -0.406. The van der Waals surface area contributed by atoms with Crippen LogP contribution in [0.15, 0.2) is 18.3 Å². The van der Waals surface area contributed by atoms with E-state index in [1.807, 2.05) is 26.8 Å². The molecule has 0 unspecified atom stereocenters. The van der Waals surface area contributed by atoms with Gasteiger partial charge in [-0.05, 0) is 46.6 Å². The van der Waals surface area contributed by atoms with Crippen molar-refractivity contribution in [3.63, 3.8) is 0 Å². The van der Waals surface area contributed by atoms with Gasteiger partial charge in [0.25, 0.3) is 5.91 Å². The molecule has 12 heteroatoms. The highest BCUT2D eigenvalue weighted by Crippen LogP contribution is 2.36. The molecule has 0 bridgehead atoms. The summed E-state index contributed by atoms with van der Waals surface area (Å²) in [7, 11) is 1.59. The van der Waals surface area contributed by atoms with Crippen LogP contribution >= 0.6 is 0 Å². The monoisotopic (exact) mass is 527 g/mol. The maximum absolute atomic E-state index is 12.8. The number of ether oxygens (including phenoxy) is 3. The lowest BCUT2D eigenvalue weighted by Crippen LogP contribution is -2.37. The number of nitrogens with one attached hydrogen (secondary N) is 2. The van der Waals surface area contributed by atoms with Crippen molar-refractivity contribution in [3.8, 4) is 11.8 Å². The number of aliphatic hydroxyl groups is 1. The SMILES string of the molecule is COC[C@@H](C)Oc1nc(C(=O)N[C@H](C)CO)cc(N2CCC(c3n[nH]c4nccc(OC(C)C)c34)CC2)n1. The Morgan fingerprint density at radius 3 is 2.66 bits per heavy atom. The Morgan fingerprint density at radius 2 is 1.97 bits per heavy atom. The molecule has 3 aromatic rings. The number of carbonyl (C=O) groups is 1. The molecule has 0 saturated carbocycles. The van der Waals surface area contributed by atoms with Crippen molar-refractivity contribution in [2.75, 3.05) is 38.3 Å². The van der Waals surface area contributed by atoms with Gasteiger partial charge in [-0.25, -0.2) is 4.98 Å². The summed E-state index contributed by atoms with van der Waals surface area (Å²) in [6.07, 6.45) is 3.13. The zero-order chi connectivity index (χ0) is 27.2. The Kier molecular flexibility index (Phi) is 8.95. The maximum atomic E-state index is 12.8. The van der Waals surface area contributed by atoms with Gasteiger partial charge in [0.05, 0.1) is 30.4 Å². The molecule has 1 aliphatic heterocycles. The molecule has 38 heavy (non-hydrogen) atoms. The number of anilines is 1. The van der Waals surface area contributed by atoms with E-state index >= 15 is 0 Å². The van der Waals surface area contributed by atoms with Crippen LogP contribution in [0, 0.1) is 0 Å². The zero-order valence-corrected chi connectivity index (χ0v) is 22.6. The number of aromatic amines is 1. The van der Waals surface area contributed by atoms with E-state index in [-0.39, 0.29) is 36.4 Å². The van der Waals surface area contributed by atoms with Gasteiger partial charge in [0.15, 0.2) is 5.65 Å². The number of pyridine rings is 1. The second-order valence-electron chi connectivity index (χ2n) is 9.90. The standard InChI is InChI=1S/C26H37N7O5/c1-15(2)37-20-6-9-27-24-22(20)23(31-32-24)18-7-10-33(11-8-18)21-12-19(25(35)28-16(3)13-34)29-26(30-21)38-17(4)14-36-5/h6,9,12,15-18,34H,7-8,10-11,13-14H2,1-5H3,(H,28,35)(H,27,31,32)/t16-,17-/m1/s1. The fraction of sp³-hybridized carbons (Fsp3) is 0.577. The minimum absolute atomic E-state index is 0.0396. The molecule has 3 N–H and O–H groups in total. The molecule has 4 heterocycles. The Labute approximate surface area is 222 Å². The van der Waals surface area contributed by atoms with Crippen molar-refractivity contribution in [2.24, 2.45) is 0 Å². The molecule has 3 aromatic heterocycles. The van der Waals surface area contributed by atoms with Crippen LogP contribution in [0.3, 0.4) is 0 Å². The van der Waals surface area contributed by atoms with Gasteiger partial charge in [0, 0.05) is 44.4 Å². The lowest BCUT2D eigenvalue weighted by atomic mass is 9.92. The quantitative estimate of drug-likeness (QED) is 0.340. The third-order valence-corrected chi connectivity index (χ3v) is 6.30. The summed E-state index contributed by atoms with van der Waals surface area (Å²) in [6, 6.07) is 3.25. The molecule has 206 valence electrons. The molecule has 0 aromatic carbocycles. The van der Waals surface area contributed by atoms with E-state index in [0.717, 1.165) is 35.3 Å². The van der Waals surface area contributed by atoms with Crippen LogP contribution in [0.1, 0.15) is 62.6 Å². The van der Waals surface area contributed by atoms with Gasteiger partial charge in [-0.3, -0.25) is 9.89 Å². The summed E-state index contributed by atoms with van der Waals surface area (Å²) < 4.78 is 17.0. The number of methoxy groups -OCH3 is 1. The second kappa shape index (κ2) is 12.4. The van der Waals surface area contributed by atoms with Gasteiger partial charge in [0.2, 0.25) is 0 Å². The molecule has 4 rings (SSSR count). The molecule has 1 fully saturated rings. The lowest BCUT2D eigenvalue weighted by Gasteiger charge is -2.32. The largest absolute Gasteiger partial charge is 0.490 e. The molecule has 2 atom stereocenters. The Hall–Kier alpha value is -3.51. The van der Waals surface area contributed by atoms with Crippen molar-refractivity contribution in [1.29, 1.82) is 0 Å². The molecule has 12 nitrogen and oxygen atoms in total. The van der Waals surface area contributed by atoms with Crippen LogP contribution in [0.5, 0.6) is 11.8 Å². The predicted octanol–water partition coefficient (Wildman–Crippen LogP) is 2.44. The van der Waals surface area contributed by atoms with Gasteiger partial charge in [-0.15, -0.1) is 0 Å². The number of carbonyl (C=O) groups excluding carboxylic acids is 1. The number of fused-ring (bicyclic) bond motifs is 1. The van der Waals surface area contributed by atoms with E-state index in [9.17, 15) is 9.90 Å². The number of rotatable bonds is 11. The Balaban J connectivity index is 1.55. The number of piperidine rings is 1. The van der Waals surface area contributed by atoms with E-state index in [2.05, 4.69) is 35.4 Å². The van der Waals surface area contributed by atoms with Gasteiger partial charge in [-0.1, -0.05) is 0 Å². The van der Waals surface area contributed by atoms with Crippen molar-refractivity contribution in [2.45, 2.75) is 64.7 Å². The summed E-state index contributed by atoms with van der Waals surface area (Å²) in [5.41, 5.74) is 1.86. The van der Waals surface area contributed by atoms with Crippen molar-refractivity contribution >= 4 is 22.8 Å². The van der Waals surface area contributed by atoms with E-state index in [1.54, 1.807) is 26.3 Å².